The van der Waals surface area contributed by atoms with Crippen LogP contribution in [-0.2, 0) is 4.74 Å². The van der Waals surface area contributed by atoms with Crippen LogP contribution in [-0.4, -0.2) is 37.6 Å². The Hall–Kier alpha value is -1.52. The van der Waals surface area contributed by atoms with Crippen molar-refractivity contribution in [2.75, 3.05) is 26.8 Å². The fourth-order valence-electron chi connectivity index (χ4n) is 1.61. The molecule has 1 aromatic rings. The smallest absolute Gasteiger partial charge is 0.259 e. The van der Waals surface area contributed by atoms with E-state index in [-0.39, 0.29) is 30.6 Å². The lowest BCUT2D eigenvalue weighted by molar-refractivity contribution is 0.0690. The van der Waals surface area contributed by atoms with Crippen LogP contribution in [0.3, 0.4) is 0 Å². The van der Waals surface area contributed by atoms with Crippen molar-refractivity contribution in [2.45, 2.75) is 6.42 Å². The number of methoxy groups -OCH3 is 1. The van der Waals surface area contributed by atoms with Gasteiger partial charge in [0, 0.05) is 24.7 Å². The van der Waals surface area contributed by atoms with Gasteiger partial charge in [0.2, 0.25) is 0 Å². The molecule has 0 bridgehead atoms. The molecule has 0 fully saturated rings. The van der Waals surface area contributed by atoms with E-state index in [1.807, 2.05) is 6.07 Å². The number of halogens is 3. The maximum Gasteiger partial charge on any atom is 0.259 e. The molecule has 0 aliphatic carbocycles. The zero-order valence-electron chi connectivity index (χ0n) is 10.8. The van der Waals surface area contributed by atoms with Gasteiger partial charge in [0.05, 0.1) is 19.1 Å². The number of nitrogens with zero attached hydrogens (tertiary/aromatic N) is 2. The van der Waals surface area contributed by atoms with Crippen molar-refractivity contribution in [3.8, 4) is 6.07 Å². The molecule has 1 rings (SSSR count). The van der Waals surface area contributed by atoms with Crippen LogP contribution in [0.1, 0.15) is 16.8 Å². The number of carbonyl (C=O) groups is 1. The van der Waals surface area contributed by atoms with Crippen molar-refractivity contribution in [1.29, 1.82) is 5.26 Å². The van der Waals surface area contributed by atoms with Crippen LogP contribution in [0.5, 0.6) is 0 Å². The summed E-state index contributed by atoms with van der Waals surface area (Å²) in [7, 11) is 1.45. The minimum Gasteiger partial charge on any atom is -0.383 e. The third-order valence-electron chi connectivity index (χ3n) is 2.57. The lowest BCUT2D eigenvalue weighted by atomic mass is 10.1. The number of rotatable bonds is 6. The highest BCUT2D eigenvalue weighted by Gasteiger charge is 2.23. The van der Waals surface area contributed by atoms with Gasteiger partial charge < -0.3 is 9.64 Å². The van der Waals surface area contributed by atoms with Crippen LogP contribution in [0.2, 0.25) is 0 Å². The number of amides is 1. The summed E-state index contributed by atoms with van der Waals surface area (Å²) in [5.41, 5.74) is -0.623. The third kappa shape index (κ3) is 4.25. The minimum absolute atomic E-state index is 0.0786. The SMILES string of the molecule is COCCN(CCC#N)C(=O)c1c(F)cc(Br)cc1F. The Morgan fingerprint density at radius 2 is 2.00 bits per heavy atom. The molecule has 0 aromatic heterocycles. The second-order valence-electron chi connectivity index (χ2n) is 3.94. The Kier molecular flexibility index (Phi) is 6.55. The highest BCUT2D eigenvalue weighted by atomic mass is 79.9. The van der Waals surface area contributed by atoms with Crippen molar-refractivity contribution in [3.63, 3.8) is 0 Å². The standard InChI is InChI=1S/C13H13BrF2N2O2/c1-20-6-5-18(4-2-3-17)13(19)12-10(15)7-9(14)8-11(12)16/h7-8H,2,4-6H2,1H3. The molecule has 20 heavy (non-hydrogen) atoms. The molecule has 0 aliphatic rings. The summed E-state index contributed by atoms with van der Waals surface area (Å²) in [4.78, 5) is 13.4. The van der Waals surface area contributed by atoms with Gasteiger partial charge in [-0.15, -0.1) is 0 Å². The molecule has 1 amide bonds. The van der Waals surface area contributed by atoms with Crippen molar-refractivity contribution >= 4 is 21.8 Å². The number of ether oxygens (including phenoxy) is 1. The second kappa shape index (κ2) is 7.92. The summed E-state index contributed by atoms with van der Waals surface area (Å²) < 4.78 is 32.6. The summed E-state index contributed by atoms with van der Waals surface area (Å²) in [6.07, 6.45) is 0.0786. The fourth-order valence-corrected chi connectivity index (χ4v) is 2.01. The van der Waals surface area contributed by atoms with E-state index < -0.39 is 23.1 Å². The minimum atomic E-state index is -0.943. The highest BCUT2D eigenvalue weighted by molar-refractivity contribution is 9.10. The first-order chi connectivity index (χ1) is 9.51. The number of hydrogen-bond acceptors (Lipinski definition) is 3. The summed E-state index contributed by atoms with van der Waals surface area (Å²) in [6, 6.07) is 3.94. The summed E-state index contributed by atoms with van der Waals surface area (Å²) in [5.74, 6) is -2.68. The van der Waals surface area contributed by atoms with E-state index in [0.717, 1.165) is 12.1 Å². The quantitative estimate of drug-likeness (QED) is 0.795. The monoisotopic (exact) mass is 346 g/mol. The zero-order valence-corrected chi connectivity index (χ0v) is 12.4. The number of hydrogen-bond donors (Lipinski definition) is 0. The van der Waals surface area contributed by atoms with E-state index in [0.29, 0.717) is 0 Å². The highest BCUT2D eigenvalue weighted by Crippen LogP contribution is 2.21. The van der Waals surface area contributed by atoms with Crippen molar-refractivity contribution in [1.82, 2.24) is 4.90 Å². The lowest BCUT2D eigenvalue weighted by Crippen LogP contribution is -2.35. The van der Waals surface area contributed by atoms with Gasteiger partial charge in [0.15, 0.2) is 0 Å². The molecule has 108 valence electrons. The Morgan fingerprint density at radius 3 is 2.50 bits per heavy atom. The predicted octanol–water partition coefficient (Wildman–Crippen LogP) is 2.73. The zero-order chi connectivity index (χ0) is 15.1. The molecule has 0 N–H and O–H groups in total. The first kappa shape index (κ1) is 16.5. The maximum absolute atomic E-state index is 13.8. The van der Waals surface area contributed by atoms with Crippen molar-refractivity contribution in [2.24, 2.45) is 0 Å². The van der Waals surface area contributed by atoms with Gasteiger partial charge in [-0.25, -0.2) is 8.78 Å². The van der Waals surface area contributed by atoms with E-state index in [9.17, 15) is 13.6 Å². The Morgan fingerprint density at radius 1 is 1.40 bits per heavy atom. The van der Waals surface area contributed by atoms with Crippen LogP contribution in [0.15, 0.2) is 16.6 Å². The Bertz CT molecular complexity index is 509. The average Bonchev–Trinajstić information content (AvgIpc) is 2.37. The van der Waals surface area contributed by atoms with E-state index in [1.165, 1.54) is 12.0 Å². The van der Waals surface area contributed by atoms with Gasteiger partial charge in [-0.3, -0.25) is 4.79 Å². The van der Waals surface area contributed by atoms with E-state index in [4.69, 9.17) is 10.00 Å². The third-order valence-corrected chi connectivity index (χ3v) is 3.02. The van der Waals surface area contributed by atoms with Gasteiger partial charge in [0.1, 0.15) is 17.2 Å². The predicted molar refractivity (Wildman–Crippen MR) is 72.1 cm³/mol. The maximum atomic E-state index is 13.8. The topological polar surface area (TPSA) is 53.3 Å². The van der Waals surface area contributed by atoms with Gasteiger partial charge in [-0.2, -0.15) is 5.26 Å². The van der Waals surface area contributed by atoms with Gasteiger partial charge in [-0.1, -0.05) is 15.9 Å². The van der Waals surface area contributed by atoms with Gasteiger partial charge in [-0.05, 0) is 12.1 Å². The number of benzene rings is 1. The molecule has 4 nitrogen and oxygen atoms in total. The molecule has 0 heterocycles. The first-order valence-electron chi connectivity index (χ1n) is 5.81. The second-order valence-corrected chi connectivity index (χ2v) is 4.85. The van der Waals surface area contributed by atoms with E-state index in [1.54, 1.807) is 0 Å². The summed E-state index contributed by atoms with van der Waals surface area (Å²) in [5, 5.41) is 8.56. The molecule has 0 unspecified atom stereocenters. The summed E-state index contributed by atoms with van der Waals surface area (Å²) >= 11 is 2.95. The fraction of sp³-hybridized carbons (Fsp3) is 0.385. The molecule has 0 aliphatic heterocycles. The van der Waals surface area contributed by atoms with Crippen LogP contribution in [0.25, 0.3) is 0 Å². The molecule has 0 saturated heterocycles. The van der Waals surface area contributed by atoms with Crippen LogP contribution in [0.4, 0.5) is 8.78 Å². The van der Waals surface area contributed by atoms with Crippen LogP contribution in [0, 0.1) is 23.0 Å². The number of carbonyl (C=O) groups excluding carboxylic acids is 1. The van der Waals surface area contributed by atoms with Crippen LogP contribution >= 0.6 is 15.9 Å². The Labute approximate surface area is 124 Å². The molecule has 7 heteroatoms. The van der Waals surface area contributed by atoms with E-state index in [2.05, 4.69) is 15.9 Å². The molecule has 0 spiro atoms. The normalized spacial score (nSPS) is 10.2. The first-order valence-corrected chi connectivity index (χ1v) is 6.60. The number of nitriles is 1. The molecule has 0 saturated carbocycles. The molecular formula is C13H13BrF2N2O2. The lowest BCUT2D eigenvalue weighted by Gasteiger charge is -2.21. The molecule has 0 atom stereocenters. The average molecular weight is 347 g/mol. The van der Waals surface area contributed by atoms with Gasteiger partial charge in [0.25, 0.3) is 5.91 Å². The van der Waals surface area contributed by atoms with E-state index >= 15 is 0 Å². The molecule has 1 aromatic carbocycles. The van der Waals surface area contributed by atoms with Crippen molar-refractivity contribution < 1.29 is 18.3 Å². The Balaban J connectivity index is 3.02. The van der Waals surface area contributed by atoms with Crippen molar-refractivity contribution in [3.05, 3.63) is 33.8 Å². The largest absolute Gasteiger partial charge is 0.383 e. The van der Waals surface area contributed by atoms with Gasteiger partial charge >= 0.3 is 0 Å². The summed E-state index contributed by atoms with van der Waals surface area (Å²) in [6.45, 7) is 0.469. The molecule has 0 radical (unpaired) electrons. The van der Waals surface area contributed by atoms with Crippen LogP contribution < -0.4 is 0 Å². The molecular weight excluding hydrogens is 334 g/mol.